The molecule has 0 aliphatic heterocycles. The number of hydrogen-bond donors (Lipinski definition) is 0. The van der Waals surface area contributed by atoms with Crippen LogP contribution in [0.25, 0.3) is 0 Å². The first-order chi connectivity index (χ1) is 14.3. The number of fused-ring (bicyclic) bond motifs is 8. The summed E-state index contributed by atoms with van der Waals surface area (Å²) in [5, 5.41) is 0. The highest BCUT2D eigenvalue weighted by Crippen LogP contribution is 2.76. The van der Waals surface area contributed by atoms with Gasteiger partial charge in [0.25, 0.3) is 0 Å². The molecular formula is C29H30O. The molecule has 0 unspecified atom stereocenters. The van der Waals surface area contributed by atoms with Crippen LogP contribution in [0.15, 0.2) is 71.8 Å². The van der Waals surface area contributed by atoms with Crippen molar-refractivity contribution in [3.63, 3.8) is 0 Å². The Hall–Kier alpha value is -2.41. The van der Waals surface area contributed by atoms with Crippen molar-refractivity contribution in [2.45, 2.75) is 58.3 Å². The second-order valence-electron chi connectivity index (χ2n) is 11.1. The minimum Gasteiger partial charge on any atom is -0.299 e. The van der Waals surface area contributed by atoms with E-state index in [1.165, 1.54) is 22.3 Å². The van der Waals surface area contributed by atoms with Crippen molar-refractivity contribution in [2.75, 3.05) is 0 Å². The number of ketones is 1. The van der Waals surface area contributed by atoms with Crippen LogP contribution < -0.4 is 0 Å². The van der Waals surface area contributed by atoms with E-state index in [1.807, 2.05) is 20.8 Å². The Balaban J connectivity index is 1.48. The Morgan fingerprint density at radius 1 is 0.900 bits per heavy atom. The lowest BCUT2D eigenvalue weighted by molar-refractivity contribution is -0.126. The van der Waals surface area contributed by atoms with Crippen LogP contribution in [0.1, 0.15) is 80.5 Å². The Morgan fingerprint density at radius 3 is 2.00 bits per heavy atom. The third kappa shape index (κ3) is 2.16. The van der Waals surface area contributed by atoms with Gasteiger partial charge in [-0.3, -0.25) is 4.79 Å². The fourth-order valence-electron chi connectivity index (χ4n) is 7.21. The minimum atomic E-state index is -0.259. The Bertz CT molecular complexity index is 1140. The normalized spacial score (nSPS) is 32.7. The van der Waals surface area contributed by atoms with Crippen molar-refractivity contribution in [1.29, 1.82) is 0 Å². The van der Waals surface area contributed by atoms with E-state index < -0.39 is 0 Å². The first kappa shape index (κ1) is 18.4. The molecule has 4 aliphatic carbocycles. The van der Waals surface area contributed by atoms with E-state index in [-0.39, 0.29) is 10.8 Å². The first-order valence-electron chi connectivity index (χ1n) is 11.4. The van der Waals surface area contributed by atoms with E-state index in [9.17, 15) is 4.79 Å². The number of rotatable bonds is 2. The van der Waals surface area contributed by atoms with Crippen LogP contribution in [0.5, 0.6) is 0 Å². The number of hydrogen-bond acceptors (Lipinski definition) is 1. The van der Waals surface area contributed by atoms with Gasteiger partial charge < -0.3 is 0 Å². The van der Waals surface area contributed by atoms with Crippen LogP contribution in [0.3, 0.4) is 0 Å². The maximum Gasteiger partial charge on any atom is 0.138 e. The van der Waals surface area contributed by atoms with Crippen molar-refractivity contribution in [3.8, 4) is 0 Å². The van der Waals surface area contributed by atoms with Crippen molar-refractivity contribution in [1.82, 2.24) is 0 Å². The molecule has 152 valence electrons. The molecule has 1 nitrogen and oxygen atoms in total. The van der Waals surface area contributed by atoms with Crippen molar-refractivity contribution in [3.05, 3.63) is 94.1 Å². The van der Waals surface area contributed by atoms with Crippen molar-refractivity contribution < 1.29 is 4.79 Å². The van der Waals surface area contributed by atoms with Gasteiger partial charge in [-0.2, -0.15) is 0 Å². The molecule has 0 radical (unpaired) electrons. The predicted octanol–water partition coefficient (Wildman–Crippen LogP) is 6.91. The zero-order valence-corrected chi connectivity index (χ0v) is 18.4. The van der Waals surface area contributed by atoms with E-state index in [0.717, 1.165) is 6.42 Å². The molecule has 2 aromatic rings. The van der Waals surface area contributed by atoms with Gasteiger partial charge in [0, 0.05) is 29.6 Å². The van der Waals surface area contributed by atoms with Crippen molar-refractivity contribution >= 4 is 5.78 Å². The smallest absolute Gasteiger partial charge is 0.138 e. The highest BCUT2D eigenvalue weighted by atomic mass is 16.1. The van der Waals surface area contributed by atoms with E-state index in [0.29, 0.717) is 35.9 Å². The maximum absolute atomic E-state index is 12.8. The lowest BCUT2D eigenvalue weighted by Gasteiger charge is -2.33. The monoisotopic (exact) mass is 394 g/mol. The summed E-state index contributed by atoms with van der Waals surface area (Å²) < 4.78 is 0. The average molecular weight is 395 g/mol. The zero-order valence-electron chi connectivity index (χ0n) is 18.4. The minimum absolute atomic E-state index is 0.186. The first-order valence-corrected chi connectivity index (χ1v) is 11.4. The van der Waals surface area contributed by atoms with Gasteiger partial charge in [-0.15, -0.1) is 0 Å². The predicted molar refractivity (Wildman–Crippen MR) is 122 cm³/mol. The van der Waals surface area contributed by atoms with Crippen LogP contribution in [-0.4, -0.2) is 5.78 Å². The summed E-state index contributed by atoms with van der Waals surface area (Å²) in [5.74, 6) is 2.14. The van der Waals surface area contributed by atoms with Gasteiger partial charge >= 0.3 is 0 Å². The van der Waals surface area contributed by atoms with Crippen LogP contribution in [0.2, 0.25) is 0 Å². The fraction of sp³-hybridized carbons (Fsp3) is 0.414. The highest BCUT2D eigenvalue weighted by Gasteiger charge is 2.65. The van der Waals surface area contributed by atoms with E-state index in [4.69, 9.17) is 0 Å². The zero-order chi connectivity index (χ0) is 20.8. The quantitative estimate of drug-likeness (QED) is 0.541. The van der Waals surface area contributed by atoms with E-state index in [1.54, 1.807) is 11.1 Å². The van der Waals surface area contributed by atoms with Gasteiger partial charge in [0.05, 0.1) is 0 Å². The molecular weight excluding hydrogens is 364 g/mol. The molecule has 2 aromatic carbocycles. The highest BCUT2D eigenvalue weighted by molar-refractivity contribution is 5.84. The molecule has 0 saturated heterocycles. The van der Waals surface area contributed by atoms with E-state index >= 15 is 0 Å². The van der Waals surface area contributed by atoms with Gasteiger partial charge in [-0.25, -0.2) is 0 Å². The number of Topliss-reactive ketones (excluding diaryl/α,β-unsaturated/α-hetero) is 1. The summed E-state index contributed by atoms with van der Waals surface area (Å²) in [6.07, 6.45) is 6.43. The van der Waals surface area contributed by atoms with Gasteiger partial charge in [0.2, 0.25) is 0 Å². The summed E-state index contributed by atoms with van der Waals surface area (Å²) in [6, 6.07) is 18.3. The van der Waals surface area contributed by atoms with Gasteiger partial charge in [-0.1, -0.05) is 94.0 Å². The summed E-state index contributed by atoms with van der Waals surface area (Å²) in [4.78, 5) is 12.8. The Labute approximate surface area is 179 Å². The standard InChI is InChI=1S/C29H30O/c1-28(2,3)24(30)16-17-13-14-22-23(15-17)27-21-12-8-7-11-20(21)25-18-9-5-6-10-19(18)26(22)29(25,27)4/h5-14,17,25-27H,15-16H2,1-4H3/t17-,25-,26+,27-,29+/m1/s1. The van der Waals surface area contributed by atoms with Gasteiger partial charge in [0.15, 0.2) is 0 Å². The molecule has 30 heavy (non-hydrogen) atoms. The summed E-state index contributed by atoms with van der Waals surface area (Å²) in [5.41, 5.74) is 9.21. The maximum atomic E-state index is 12.8. The molecule has 0 heterocycles. The van der Waals surface area contributed by atoms with Gasteiger partial charge in [0.1, 0.15) is 5.78 Å². The summed E-state index contributed by atoms with van der Waals surface area (Å²) in [7, 11) is 0. The number of carbonyl (C=O) groups is 1. The topological polar surface area (TPSA) is 17.1 Å². The molecule has 5 atom stereocenters. The Morgan fingerprint density at radius 2 is 1.43 bits per heavy atom. The largest absolute Gasteiger partial charge is 0.299 e. The molecule has 0 spiro atoms. The molecule has 0 saturated carbocycles. The SMILES string of the molecule is CC(C)(C)C(=O)C[C@@H]1C=CC2=C(C1)[C@H]1c3ccccc3[C@H]3c4ccccc4[C@@H]2[C@]31C. The average Bonchev–Trinajstić information content (AvgIpc) is 3.23. The second kappa shape index (κ2) is 5.84. The van der Waals surface area contributed by atoms with Crippen LogP contribution in [-0.2, 0) is 4.79 Å². The van der Waals surface area contributed by atoms with Crippen LogP contribution >= 0.6 is 0 Å². The molecule has 0 aromatic heterocycles. The third-order valence-corrected chi connectivity index (χ3v) is 8.45. The lowest BCUT2D eigenvalue weighted by Crippen LogP contribution is -2.25. The number of benzene rings is 2. The summed E-state index contributed by atoms with van der Waals surface area (Å²) in [6.45, 7) is 8.67. The van der Waals surface area contributed by atoms with Gasteiger partial charge in [-0.05, 0) is 45.6 Å². The van der Waals surface area contributed by atoms with Crippen molar-refractivity contribution in [2.24, 2.45) is 16.7 Å². The molecule has 0 bridgehead atoms. The second-order valence-corrected chi connectivity index (χ2v) is 11.1. The summed E-state index contributed by atoms with van der Waals surface area (Å²) >= 11 is 0. The third-order valence-electron chi connectivity index (χ3n) is 8.45. The molecule has 6 rings (SSSR count). The van der Waals surface area contributed by atoms with Crippen LogP contribution in [0, 0.1) is 16.7 Å². The number of carbonyl (C=O) groups excluding carboxylic acids is 1. The fourth-order valence-corrected chi connectivity index (χ4v) is 7.21. The van der Waals surface area contributed by atoms with E-state index in [2.05, 4.69) is 67.6 Å². The molecule has 0 fully saturated rings. The molecule has 4 aliphatic rings. The Kier molecular flexibility index (Phi) is 3.58. The number of allylic oxidation sites excluding steroid dienone is 4. The van der Waals surface area contributed by atoms with Crippen LogP contribution in [0.4, 0.5) is 0 Å². The molecule has 0 N–H and O–H groups in total. The lowest BCUT2D eigenvalue weighted by atomic mass is 9.69. The molecule has 0 amide bonds. The molecule has 1 heteroatoms.